The lowest BCUT2D eigenvalue weighted by molar-refractivity contribution is 0.0283. The van der Waals surface area contributed by atoms with Crippen molar-refractivity contribution in [1.29, 1.82) is 0 Å². The summed E-state index contributed by atoms with van der Waals surface area (Å²) in [5.41, 5.74) is 0. The smallest absolute Gasteiger partial charge is 0.409 e. The average molecular weight is 256 g/mol. The van der Waals surface area contributed by atoms with Crippen LogP contribution in [0.2, 0.25) is 0 Å². The van der Waals surface area contributed by atoms with Crippen molar-refractivity contribution in [3.8, 4) is 0 Å². The maximum absolute atomic E-state index is 11.5. The van der Waals surface area contributed by atoms with E-state index in [1.807, 2.05) is 0 Å². The predicted molar refractivity (Wildman–Crippen MR) is 73.8 cm³/mol. The van der Waals surface area contributed by atoms with Crippen molar-refractivity contribution in [2.75, 3.05) is 33.7 Å². The second-order valence-electron chi connectivity index (χ2n) is 5.40. The number of rotatable bonds is 6. The molecule has 0 aromatic rings. The molecule has 0 N–H and O–H groups in total. The van der Waals surface area contributed by atoms with Gasteiger partial charge in [0, 0.05) is 20.6 Å². The van der Waals surface area contributed by atoms with Crippen LogP contribution in [-0.4, -0.2) is 55.7 Å². The van der Waals surface area contributed by atoms with Crippen molar-refractivity contribution in [3.63, 3.8) is 0 Å². The third-order valence-corrected chi connectivity index (χ3v) is 3.42. The molecule has 0 spiro atoms. The van der Waals surface area contributed by atoms with Gasteiger partial charge in [0.25, 0.3) is 0 Å². The topological polar surface area (TPSA) is 32.8 Å². The van der Waals surface area contributed by atoms with Gasteiger partial charge in [0.15, 0.2) is 0 Å². The number of amides is 1. The molecule has 0 radical (unpaired) electrons. The van der Waals surface area contributed by atoms with E-state index >= 15 is 0 Å². The van der Waals surface area contributed by atoms with Gasteiger partial charge in [0.2, 0.25) is 0 Å². The lowest BCUT2D eigenvalue weighted by Gasteiger charge is -2.32. The summed E-state index contributed by atoms with van der Waals surface area (Å²) >= 11 is 0. The summed E-state index contributed by atoms with van der Waals surface area (Å²) < 4.78 is 5.46. The van der Waals surface area contributed by atoms with Gasteiger partial charge >= 0.3 is 6.09 Å². The number of nitrogens with zero attached hydrogens (tertiary/aromatic N) is 2. The third kappa shape index (κ3) is 5.71. The second kappa shape index (κ2) is 8.35. The number of piperidine rings is 1. The average Bonchev–Trinajstić information content (AvgIpc) is 2.35. The summed E-state index contributed by atoms with van der Waals surface area (Å²) in [5.74, 6) is 0. The number of ether oxygens (including phenoxy) is 1. The number of carbonyl (C=O) groups is 1. The summed E-state index contributed by atoms with van der Waals surface area (Å²) in [7, 11) is 3.46. The van der Waals surface area contributed by atoms with Gasteiger partial charge < -0.3 is 9.64 Å². The molecule has 4 heteroatoms. The molecular formula is C14H28N2O2. The summed E-state index contributed by atoms with van der Waals surface area (Å²) in [6, 6.07) is 0. The molecular weight excluding hydrogens is 228 g/mol. The van der Waals surface area contributed by atoms with Crippen LogP contribution in [0.4, 0.5) is 4.79 Å². The molecule has 1 rings (SSSR count). The van der Waals surface area contributed by atoms with Crippen LogP contribution in [0, 0.1) is 0 Å². The number of unbranched alkanes of at least 4 members (excludes halogenated alkanes) is 3. The molecule has 0 aliphatic carbocycles. The predicted octanol–water partition coefficient (Wildman–Crippen LogP) is 2.73. The van der Waals surface area contributed by atoms with E-state index in [4.69, 9.17) is 4.74 Å². The van der Waals surface area contributed by atoms with Gasteiger partial charge in [0.05, 0.1) is 0 Å². The molecule has 0 saturated carbocycles. The first-order valence-electron chi connectivity index (χ1n) is 7.23. The molecule has 1 heterocycles. The SMILES string of the molecule is CCCCCCN1CCC[C@H](OC(=O)N(C)C)C1. The molecule has 1 fully saturated rings. The first-order chi connectivity index (χ1) is 8.63. The lowest BCUT2D eigenvalue weighted by Crippen LogP contribution is -2.42. The Labute approximate surface area is 111 Å². The Morgan fingerprint density at radius 3 is 2.78 bits per heavy atom. The van der Waals surface area contributed by atoms with Crippen LogP contribution in [-0.2, 0) is 4.74 Å². The third-order valence-electron chi connectivity index (χ3n) is 3.42. The van der Waals surface area contributed by atoms with Crippen molar-refractivity contribution >= 4 is 6.09 Å². The van der Waals surface area contributed by atoms with Gasteiger partial charge in [-0.3, -0.25) is 4.90 Å². The lowest BCUT2D eigenvalue weighted by atomic mass is 10.1. The Bertz CT molecular complexity index is 244. The van der Waals surface area contributed by atoms with Crippen LogP contribution in [0.1, 0.15) is 45.4 Å². The van der Waals surface area contributed by atoms with E-state index in [1.54, 1.807) is 14.1 Å². The van der Waals surface area contributed by atoms with Gasteiger partial charge in [-0.25, -0.2) is 4.79 Å². The molecule has 0 aromatic carbocycles. The van der Waals surface area contributed by atoms with Gasteiger partial charge in [-0.1, -0.05) is 26.2 Å². The van der Waals surface area contributed by atoms with Crippen LogP contribution < -0.4 is 0 Å². The normalized spacial score (nSPS) is 20.7. The molecule has 0 unspecified atom stereocenters. The second-order valence-corrected chi connectivity index (χ2v) is 5.40. The first kappa shape index (κ1) is 15.3. The van der Waals surface area contributed by atoms with Gasteiger partial charge in [-0.2, -0.15) is 0 Å². The fraction of sp³-hybridized carbons (Fsp3) is 0.929. The first-order valence-corrected chi connectivity index (χ1v) is 7.23. The quantitative estimate of drug-likeness (QED) is 0.685. The van der Waals surface area contributed by atoms with Crippen LogP contribution >= 0.6 is 0 Å². The molecule has 1 atom stereocenters. The van der Waals surface area contributed by atoms with Crippen LogP contribution in [0.5, 0.6) is 0 Å². The molecule has 0 bridgehead atoms. The van der Waals surface area contributed by atoms with Crippen molar-refractivity contribution in [2.24, 2.45) is 0 Å². The number of likely N-dealkylation sites (tertiary alicyclic amines) is 1. The van der Waals surface area contributed by atoms with E-state index < -0.39 is 0 Å². The van der Waals surface area contributed by atoms with Crippen molar-refractivity contribution in [1.82, 2.24) is 9.80 Å². The van der Waals surface area contributed by atoms with Crippen LogP contribution in [0.25, 0.3) is 0 Å². The number of hydrogen-bond donors (Lipinski definition) is 0. The van der Waals surface area contributed by atoms with Gasteiger partial charge in [-0.05, 0) is 32.4 Å². The van der Waals surface area contributed by atoms with Crippen LogP contribution in [0.15, 0.2) is 0 Å². The fourth-order valence-corrected chi connectivity index (χ4v) is 2.32. The summed E-state index contributed by atoms with van der Waals surface area (Å²) in [6.45, 7) is 5.45. The maximum atomic E-state index is 11.5. The highest BCUT2D eigenvalue weighted by Gasteiger charge is 2.23. The summed E-state index contributed by atoms with van der Waals surface area (Å²) in [6.07, 6.45) is 7.20. The van der Waals surface area contributed by atoms with Gasteiger partial charge in [-0.15, -0.1) is 0 Å². The zero-order chi connectivity index (χ0) is 13.4. The van der Waals surface area contributed by atoms with Crippen molar-refractivity contribution in [2.45, 2.75) is 51.6 Å². The van der Waals surface area contributed by atoms with E-state index in [1.165, 1.54) is 30.6 Å². The standard InChI is InChI=1S/C14H28N2O2/c1-4-5-6-7-10-16-11-8-9-13(12-16)18-14(17)15(2)3/h13H,4-12H2,1-3H3/t13-/m0/s1. The molecule has 1 amide bonds. The molecule has 4 nitrogen and oxygen atoms in total. The van der Waals surface area contributed by atoms with E-state index in [0.717, 1.165) is 32.5 Å². The zero-order valence-corrected chi connectivity index (χ0v) is 12.2. The van der Waals surface area contributed by atoms with E-state index in [0.29, 0.717) is 0 Å². The van der Waals surface area contributed by atoms with Crippen molar-refractivity contribution < 1.29 is 9.53 Å². The molecule has 0 aromatic heterocycles. The maximum Gasteiger partial charge on any atom is 0.409 e. The monoisotopic (exact) mass is 256 g/mol. The van der Waals surface area contributed by atoms with Gasteiger partial charge in [0.1, 0.15) is 6.10 Å². The highest BCUT2D eigenvalue weighted by Crippen LogP contribution is 2.15. The molecule has 106 valence electrons. The molecule has 1 aliphatic rings. The summed E-state index contributed by atoms with van der Waals surface area (Å²) in [4.78, 5) is 15.4. The minimum atomic E-state index is -0.215. The Morgan fingerprint density at radius 1 is 1.33 bits per heavy atom. The molecule has 1 saturated heterocycles. The largest absolute Gasteiger partial charge is 0.445 e. The highest BCUT2D eigenvalue weighted by atomic mass is 16.6. The fourth-order valence-electron chi connectivity index (χ4n) is 2.32. The minimum absolute atomic E-state index is 0.0832. The zero-order valence-electron chi connectivity index (χ0n) is 12.2. The number of hydrogen-bond acceptors (Lipinski definition) is 3. The van der Waals surface area contributed by atoms with Crippen molar-refractivity contribution in [3.05, 3.63) is 0 Å². The molecule has 18 heavy (non-hydrogen) atoms. The van der Waals surface area contributed by atoms with E-state index in [2.05, 4.69) is 11.8 Å². The van der Waals surface area contributed by atoms with Crippen LogP contribution in [0.3, 0.4) is 0 Å². The Hall–Kier alpha value is -0.770. The Morgan fingerprint density at radius 2 is 2.11 bits per heavy atom. The minimum Gasteiger partial charge on any atom is -0.445 e. The highest BCUT2D eigenvalue weighted by molar-refractivity contribution is 5.66. The number of carbonyl (C=O) groups excluding carboxylic acids is 1. The molecule has 1 aliphatic heterocycles. The van der Waals surface area contributed by atoms with E-state index in [9.17, 15) is 4.79 Å². The Balaban J connectivity index is 2.21. The Kier molecular flexibility index (Phi) is 7.09. The summed E-state index contributed by atoms with van der Waals surface area (Å²) in [5, 5.41) is 0. The van der Waals surface area contributed by atoms with E-state index in [-0.39, 0.29) is 12.2 Å².